The summed E-state index contributed by atoms with van der Waals surface area (Å²) in [5.74, 6) is -0.497. The fourth-order valence-electron chi connectivity index (χ4n) is 2.89. The van der Waals surface area contributed by atoms with E-state index in [2.05, 4.69) is 5.32 Å². The van der Waals surface area contributed by atoms with Crippen molar-refractivity contribution in [1.29, 1.82) is 0 Å². The lowest BCUT2D eigenvalue weighted by molar-refractivity contribution is -0.395. The van der Waals surface area contributed by atoms with Gasteiger partial charge in [-0.15, -0.1) is 0 Å². The van der Waals surface area contributed by atoms with Gasteiger partial charge in [0, 0.05) is 18.2 Å². The van der Waals surface area contributed by atoms with Crippen molar-refractivity contribution in [3.8, 4) is 0 Å². The van der Waals surface area contributed by atoms with E-state index in [1.54, 1.807) is 0 Å². The first-order valence-electron chi connectivity index (χ1n) is 7.64. The molecule has 1 amide bonds. The molecule has 23 heavy (non-hydrogen) atoms. The van der Waals surface area contributed by atoms with Gasteiger partial charge in [-0.05, 0) is 19.8 Å². The number of nitro benzene ring substituents is 2. The first-order valence-corrected chi connectivity index (χ1v) is 7.64. The standard InChI is InChI=1S/C15H19N3O5/c1-10-13(17(20)21)8-11(9-14(10)18(22)23)15(19)16-12-6-4-2-3-5-7-12/h8-9,12H,2-7H2,1H3,(H,16,19). The monoisotopic (exact) mass is 321 g/mol. The van der Waals surface area contributed by atoms with Crippen LogP contribution in [0.1, 0.15) is 54.4 Å². The van der Waals surface area contributed by atoms with Crippen molar-refractivity contribution in [2.24, 2.45) is 0 Å². The second-order valence-corrected chi connectivity index (χ2v) is 5.82. The SMILES string of the molecule is Cc1c([N+](=O)[O-])cc(C(=O)NC2CCCCCC2)cc1[N+](=O)[O-]. The van der Waals surface area contributed by atoms with Gasteiger partial charge in [0.15, 0.2) is 0 Å². The van der Waals surface area contributed by atoms with E-state index in [-0.39, 0.29) is 17.2 Å². The van der Waals surface area contributed by atoms with Crippen LogP contribution in [0.4, 0.5) is 11.4 Å². The van der Waals surface area contributed by atoms with Crippen molar-refractivity contribution in [2.45, 2.75) is 51.5 Å². The van der Waals surface area contributed by atoms with Crippen molar-refractivity contribution < 1.29 is 14.6 Å². The number of carbonyl (C=O) groups excluding carboxylic acids is 1. The van der Waals surface area contributed by atoms with Crippen molar-refractivity contribution in [1.82, 2.24) is 5.32 Å². The van der Waals surface area contributed by atoms with Crippen LogP contribution < -0.4 is 5.32 Å². The number of hydrogen-bond donors (Lipinski definition) is 1. The van der Waals surface area contributed by atoms with E-state index in [1.807, 2.05) is 0 Å². The number of rotatable bonds is 4. The molecule has 0 heterocycles. The van der Waals surface area contributed by atoms with Gasteiger partial charge >= 0.3 is 0 Å². The molecule has 0 radical (unpaired) electrons. The van der Waals surface area contributed by atoms with Gasteiger partial charge in [0.05, 0.1) is 15.4 Å². The maximum atomic E-state index is 12.3. The zero-order valence-corrected chi connectivity index (χ0v) is 12.9. The fourth-order valence-corrected chi connectivity index (χ4v) is 2.89. The largest absolute Gasteiger partial charge is 0.349 e. The number of hydrogen-bond acceptors (Lipinski definition) is 5. The molecule has 1 fully saturated rings. The minimum absolute atomic E-state index is 0.0180. The summed E-state index contributed by atoms with van der Waals surface area (Å²) in [5, 5.41) is 25.0. The Balaban J connectivity index is 2.28. The highest BCUT2D eigenvalue weighted by Crippen LogP contribution is 2.29. The van der Waals surface area contributed by atoms with E-state index < -0.39 is 27.1 Å². The molecule has 8 heteroatoms. The molecule has 1 saturated carbocycles. The highest BCUT2D eigenvalue weighted by molar-refractivity contribution is 5.96. The van der Waals surface area contributed by atoms with E-state index in [9.17, 15) is 25.0 Å². The van der Waals surface area contributed by atoms with Crippen molar-refractivity contribution in [3.05, 3.63) is 43.5 Å². The summed E-state index contributed by atoms with van der Waals surface area (Å²) >= 11 is 0. The van der Waals surface area contributed by atoms with Crippen LogP contribution >= 0.6 is 0 Å². The highest BCUT2D eigenvalue weighted by Gasteiger charge is 2.26. The summed E-state index contributed by atoms with van der Waals surface area (Å²) in [5.41, 5.74) is -0.917. The molecule has 0 bridgehead atoms. The van der Waals surface area contributed by atoms with E-state index in [4.69, 9.17) is 0 Å². The van der Waals surface area contributed by atoms with Gasteiger partial charge in [-0.25, -0.2) is 0 Å². The highest BCUT2D eigenvalue weighted by atomic mass is 16.6. The third-order valence-corrected chi connectivity index (χ3v) is 4.20. The Morgan fingerprint density at radius 1 is 1.04 bits per heavy atom. The van der Waals surface area contributed by atoms with Crippen LogP contribution in [-0.2, 0) is 0 Å². The fraction of sp³-hybridized carbons (Fsp3) is 0.533. The number of amides is 1. The summed E-state index contributed by atoms with van der Waals surface area (Å²) in [7, 11) is 0. The van der Waals surface area contributed by atoms with Crippen LogP contribution in [0, 0.1) is 27.2 Å². The quantitative estimate of drug-likeness (QED) is 0.519. The Kier molecular flexibility index (Phi) is 5.25. The van der Waals surface area contributed by atoms with Gasteiger partial charge in [-0.3, -0.25) is 25.0 Å². The molecule has 1 aliphatic carbocycles. The van der Waals surface area contributed by atoms with Crippen molar-refractivity contribution in [3.63, 3.8) is 0 Å². The summed E-state index contributed by atoms with van der Waals surface area (Å²) in [6, 6.07) is 2.23. The van der Waals surface area contributed by atoms with Gasteiger partial charge in [0.1, 0.15) is 5.56 Å². The molecular weight excluding hydrogens is 302 g/mol. The zero-order valence-electron chi connectivity index (χ0n) is 12.9. The minimum atomic E-state index is -0.704. The molecule has 124 valence electrons. The second kappa shape index (κ2) is 7.17. The van der Waals surface area contributed by atoms with Gasteiger partial charge in [-0.1, -0.05) is 25.7 Å². The van der Waals surface area contributed by atoms with Crippen LogP contribution in [-0.4, -0.2) is 21.8 Å². The zero-order chi connectivity index (χ0) is 17.0. The topological polar surface area (TPSA) is 115 Å². The first-order chi connectivity index (χ1) is 10.9. The summed E-state index contributed by atoms with van der Waals surface area (Å²) in [6.07, 6.45) is 6.05. The average molecular weight is 321 g/mol. The number of nitrogens with zero attached hydrogens (tertiary/aromatic N) is 2. The Hall–Kier alpha value is -2.51. The molecule has 1 aromatic rings. The lowest BCUT2D eigenvalue weighted by atomic mass is 10.1. The van der Waals surface area contributed by atoms with E-state index in [1.165, 1.54) is 6.92 Å². The lowest BCUT2D eigenvalue weighted by Crippen LogP contribution is -2.34. The average Bonchev–Trinajstić information content (AvgIpc) is 2.75. The van der Waals surface area contributed by atoms with Crippen LogP contribution in [0.2, 0.25) is 0 Å². The van der Waals surface area contributed by atoms with E-state index >= 15 is 0 Å². The van der Waals surface area contributed by atoms with Crippen LogP contribution in [0.25, 0.3) is 0 Å². The smallest absolute Gasteiger partial charge is 0.279 e. The second-order valence-electron chi connectivity index (χ2n) is 5.82. The molecule has 1 aromatic carbocycles. The van der Waals surface area contributed by atoms with Crippen LogP contribution in [0.15, 0.2) is 12.1 Å². The summed E-state index contributed by atoms with van der Waals surface area (Å²) in [6.45, 7) is 1.31. The third kappa shape index (κ3) is 4.02. The van der Waals surface area contributed by atoms with Crippen LogP contribution in [0.3, 0.4) is 0 Å². The Bertz CT molecular complexity index is 601. The Morgan fingerprint density at radius 2 is 1.52 bits per heavy atom. The Labute approximate surface area is 133 Å². The molecule has 1 N–H and O–H groups in total. The maximum absolute atomic E-state index is 12.3. The third-order valence-electron chi connectivity index (χ3n) is 4.20. The summed E-state index contributed by atoms with van der Waals surface area (Å²) < 4.78 is 0. The molecule has 0 saturated heterocycles. The lowest BCUT2D eigenvalue weighted by Gasteiger charge is -2.16. The van der Waals surface area contributed by atoms with Crippen LogP contribution in [0.5, 0.6) is 0 Å². The first kappa shape index (κ1) is 16.9. The molecule has 2 rings (SSSR count). The summed E-state index contributed by atoms with van der Waals surface area (Å²) in [4.78, 5) is 33.0. The molecule has 0 unspecified atom stereocenters. The predicted octanol–water partition coefficient (Wildman–Crippen LogP) is 3.26. The van der Waals surface area contributed by atoms with Gasteiger partial charge < -0.3 is 5.32 Å². The number of benzene rings is 1. The molecule has 8 nitrogen and oxygen atoms in total. The molecular formula is C15H19N3O5. The van der Waals surface area contributed by atoms with Gasteiger partial charge in [0.25, 0.3) is 17.3 Å². The molecule has 0 spiro atoms. The predicted molar refractivity (Wildman–Crippen MR) is 83.4 cm³/mol. The maximum Gasteiger partial charge on any atom is 0.279 e. The van der Waals surface area contributed by atoms with Crippen molar-refractivity contribution >= 4 is 17.3 Å². The number of carbonyl (C=O) groups is 1. The molecule has 0 aliphatic heterocycles. The number of nitrogens with one attached hydrogen (secondary N) is 1. The normalized spacial score (nSPS) is 15.7. The minimum Gasteiger partial charge on any atom is -0.349 e. The molecule has 0 atom stereocenters. The number of nitro groups is 2. The van der Waals surface area contributed by atoms with Gasteiger partial charge in [0.2, 0.25) is 0 Å². The Morgan fingerprint density at radius 3 is 1.96 bits per heavy atom. The van der Waals surface area contributed by atoms with E-state index in [0.717, 1.165) is 50.7 Å². The van der Waals surface area contributed by atoms with Crippen molar-refractivity contribution in [2.75, 3.05) is 0 Å². The molecule has 0 aromatic heterocycles. The van der Waals surface area contributed by atoms with E-state index in [0.29, 0.717) is 0 Å². The molecule has 1 aliphatic rings. The van der Waals surface area contributed by atoms with Gasteiger partial charge in [-0.2, -0.15) is 0 Å².